The van der Waals surface area contributed by atoms with E-state index >= 15 is 0 Å². The van der Waals surface area contributed by atoms with Crippen LogP contribution in [0.15, 0.2) is 17.0 Å². The predicted molar refractivity (Wildman–Crippen MR) is 83.4 cm³/mol. The van der Waals surface area contributed by atoms with Crippen LogP contribution in [0.2, 0.25) is 0 Å². The molecule has 0 aromatic heterocycles. The van der Waals surface area contributed by atoms with Crippen LogP contribution in [-0.4, -0.2) is 20.4 Å². The summed E-state index contributed by atoms with van der Waals surface area (Å²) >= 11 is 0. The maximum absolute atomic E-state index is 12.0. The Morgan fingerprint density at radius 2 is 1.95 bits per heavy atom. The number of carbonyl (C=O) groups is 1. The van der Waals surface area contributed by atoms with Gasteiger partial charge in [0.1, 0.15) is 0 Å². The summed E-state index contributed by atoms with van der Waals surface area (Å²) < 4.78 is 22.9. The molecule has 0 heterocycles. The Morgan fingerprint density at radius 3 is 2.48 bits per heavy atom. The molecule has 0 aliphatic carbocycles. The van der Waals surface area contributed by atoms with E-state index in [9.17, 15) is 13.2 Å². The monoisotopic (exact) mass is 313 g/mol. The standard InChI is InChI=1S/C14H23N3O3S/c1-4-5-6-12(15)14(18)17-13-8-11(21(16,19)20)7-9(2)10(13)3/h7-8,12H,4-6,15H2,1-3H3,(H,17,18)(H2,16,19,20). The molecule has 7 heteroatoms. The summed E-state index contributed by atoms with van der Waals surface area (Å²) in [5.41, 5.74) is 7.76. The second kappa shape index (κ2) is 7.02. The molecule has 1 aromatic rings. The van der Waals surface area contributed by atoms with Gasteiger partial charge in [0.15, 0.2) is 0 Å². The average molecular weight is 313 g/mol. The number of benzene rings is 1. The van der Waals surface area contributed by atoms with E-state index in [1.54, 1.807) is 13.8 Å². The minimum Gasteiger partial charge on any atom is -0.324 e. The van der Waals surface area contributed by atoms with Crippen LogP contribution in [0, 0.1) is 13.8 Å². The maximum Gasteiger partial charge on any atom is 0.241 e. The van der Waals surface area contributed by atoms with Gasteiger partial charge < -0.3 is 11.1 Å². The van der Waals surface area contributed by atoms with Gasteiger partial charge in [-0.2, -0.15) is 0 Å². The number of unbranched alkanes of at least 4 members (excludes halogenated alkanes) is 1. The molecule has 6 nitrogen and oxygen atoms in total. The Bertz CT molecular complexity index is 627. The lowest BCUT2D eigenvalue weighted by Crippen LogP contribution is -2.35. The summed E-state index contributed by atoms with van der Waals surface area (Å²) in [4.78, 5) is 12.0. The molecule has 1 amide bonds. The van der Waals surface area contributed by atoms with Crippen molar-refractivity contribution < 1.29 is 13.2 Å². The van der Waals surface area contributed by atoms with Crippen molar-refractivity contribution in [1.82, 2.24) is 0 Å². The van der Waals surface area contributed by atoms with Crippen molar-refractivity contribution in [2.75, 3.05) is 5.32 Å². The lowest BCUT2D eigenvalue weighted by atomic mass is 10.1. The molecule has 0 aliphatic rings. The molecule has 21 heavy (non-hydrogen) atoms. The molecule has 1 atom stereocenters. The third-order valence-electron chi connectivity index (χ3n) is 3.43. The molecule has 0 radical (unpaired) electrons. The van der Waals surface area contributed by atoms with Crippen LogP contribution >= 0.6 is 0 Å². The molecule has 1 unspecified atom stereocenters. The fourth-order valence-electron chi connectivity index (χ4n) is 1.90. The highest BCUT2D eigenvalue weighted by Crippen LogP contribution is 2.23. The number of hydrogen-bond donors (Lipinski definition) is 3. The third kappa shape index (κ3) is 4.80. The van der Waals surface area contributed by atoms with Crippen LogP contribution in [0.5, 0.6) is 0 Å². The number of rotatable bonds is 6. The van der Waals surface area contributed by atoms with Crippen LogP contribution in [-0.2, 0) is 14.8 Å². The fraction of sp³-hybridized carbons (Fsp3) is 0.500. The number of anilines is 1. The van der Waals surface area contributed by atoms with Gasteiger partial charge in [-0.1, -0.05) is 19.8 Å². The zero-order chi connectivity index (χ0) is 16.2. The van der Waals surface area contributed by atoms with Crippen molar-refractivity contribution in [2.24, 2.45) is 10.9 Å². The highest BCUT2D eigenvalue weighted by atomic mass is 32.2. The largest absolute Gasteiger partial charge is 0.324 e. The van der Waals surface area contributed by atoms with Gasteiger partial charge in [0.2, 0.25) is 15.9 Å². The number of nitrogens with two attached hydrogens (primary N) is 2. The molecule has 1 rings (SSSR count). The summed E-state index contributed by atoms with van der Waals surface area (Å²) in [5, 5.41) is 7.82. The van der Waals surface area contributed by atoms with E-state index in [0.29, 0.717) is 12.1 Å². The third-order valence-corrected chi connectivity index (χ3v) is 4.33. The van der Waals surface area contributed by atoms with Gasteiger partial charge in [-0.25, -0.2) is 13.6 Å². The van der Waals surface area contributed by atoms with E-state index in [2.05, 4.69) is 5.32 Å². The van der Waals surface area contributed by atoms with Gasteiger partial charge in [-0.3, -0.25) is 4.79 Å². The summed E-state index contributed by atoms with van der Waals surface area (Å²) in [5.74, 6) is -0.322. The number of aryl methyl sites for hydroxylation is 1. The smallest absolute Gasteiger partial charge is 0.241 e. The van der Waals surface area contributed by atoms with Crippen LogP contribution in [0.4, 0.5) is 5.69 Å². The summed E-state index contributed by atoms with van der Waals surface area (Å²) in [7, 11) is -3.82. The Hall–Kier alpha value is -1.44. The molecule has 5 N–H and O–H groups in total. The van der Waals surface area contributed by atoms with Gasteiger partial charge >= 0.3 is 0 Å². The summed E-state index contributed by atoms with van der Waals surface area (Å²) in [6.07, 6.45) is 2.42. The zero-order valence-corrected chi connectivity index (χ0v) is 13.5. The first kappa shape index (κ1) is 17.6. The van der Waals surface area contributed by atoms with Crippen LogP contribution < -0.4 is 16.2 Å². The fourth-order valence-corrected chi connectivity index (χ4v) is 2.52. The van der Waals surface area contributed by atoms with E-state index in [4.69, 9.17) is 10.9 Å². The van der Waals surface area contributed by atoms with E-state index < -0.39 is 16.1 Å². The van der Waals surface area contributed by atoms with Gasteiger partial charge in [0.05, 0.1) is 10.9 Å². The number of amides is 1. The molecular weight excluding hydrogens is 290 g/mol. The molecular formula is C14H23N3O3S. The minimum atomic E-state index is -3.82. The van der Waals surface area contributed by atoms with Crippen molar-refractivity contribution in [3.63, 3.8) is 0 Å². The molecule has 0 aliphatic heterocycles. The lowest BCUT2D eigenvalue weighted by Gasteiger charge is -2.15. The Kier molecular flexibility index (Phi) is 5.88. The highest BCUT2D eigenvalue weighted by Gasteiger charge is 2.17. The average Bonchev–Trinajstić information content (AvgIpc) is 2.39. The first-order valence-electron chi connectivity index (χ1n) is 6.87. The van der Waals surface area contributed by atoms with Gasteiger partial charge in [-0.05, 0) is 43.5 Å². The lowest BCUT2D eigenvalue weighted by molar-refractivity contribution is -0.117. The SMILES string of the molecule is CCCCC(N)C(=O)Nc1cc(S(N)(=O)=O)cc(C)c1C. The summed E-state index contributed by atoms with van der Waals surface area (Å²) in [6, 6.07) is 2.24. The first-order chi connectivity index (χ1) is 9.66. The quantitative estimate of drug-likeness (QED) is 0.736. The van der Waals surface area contributed by atoms with Crippen molar-refractivity contribution in [3.8, 4) is 0 Å². The molecule has 0 saturated carbocycles. The number of carbonyl (C=O) groups excluding carboxylic acids is 1. The highest BCUT2D eigenvalue weighted by molar-refractivity contribution is 7.89. The number of hydrogen-bond acceptors (Lipinski definition) is 4. The molecule has 0 bridgehead atoms. The van der Waals surface area contributed by atoms with E-state index in [-0.39, 0.29) is 10.8 Å². The number of nitrogens with one attached hydrogen (secondary N) is 1. The summed E-state index contributed by atoms with van der Waals surface area (Å²) in [6.45, 7) is 5.58. The van der Waals surface area contributed by atoms with E-state index in [1.165, 1.54) is 12.1 Å². The second-order valence-electron chi connectivity index (χ2n) is 5.20. The second-order valence-corrected chi connectivity index (χ2v) is 6.76. The van der Waals surface area contributed by atoms with Crippen LogP contribution in [0.1, 0.15) is 37.3 Å². The molecule has 0 fully saturated rings. The van der Waals surface area contributed by atoms with Crippen LogP contribution in [0.25, 0.3) is 0 Å². The van der Waals surface area contributed by atoms with E-state index in [0.717, 1.165) is 24.0 Å². The van der Waals surface area contributed by atoms with Crippen LogP contribution in [0.3, 0.4) is 0 Å². The van der Waals surface area contributed by atoms with Gasteiger partial charge in [0, 0.05) is 5.69 Å². The maximum atomic E-state index is 12.0. The number of sulfonamides is 1. The molecule has 0 spiro atoms. The normalized spacial score (nSPS) is 13.0. The predicted octanol–water partition coefficient (Wildman–Crippen LogP) is 1.41. The Labute approximate surface area is 126 Å². The minimum absolute atomic E-state index is 0.0250. The molecule has 1 aromatic carbocycles. The van der Waals surface area contributed by atoms with Crippen molar-refractivity contribution in [1.29, 1.82) is 0 Å². The van der Waals surface area contributed by atoms with Crippen molar-refractivity contribution in [2.45, 2.75) is 51.0 Å². The van der Waals surface area contributed by atoms with Gasteiger partial charge in [-0.15, -0.1) is 0 Å². The molecule has 118 valence electrons. The first-order valence-corrected chi connectivity index (χ1v) is 8.42. The van der Waals surface area contributed by atoms with E-state index in [1.807, 2.05) is 6.92 Å². The topological polar surface area (TPSA) is 115 Å². The van der Waals surface area contributed by atoms with Gasteiger partial charge in [0.25, 0.3) is 0 Å². The zero-order valence-electron chi connectivity index (χ0n) is 12.6. The molecule has 0 saturated heterocycles. The Balaban J connectivity index is 3.03. The van der Waals surface area contributed by atoms with Crippen molar-refractivity contribution >= 4 is 21.6 Å². The number of primary sulfonamides is 1. The van der Waals surface area contributed by atoms with Crippen molar-refractivity contribution in [3.05, 3.63) is 23.3 Å². The Morgan fingerprint density at radius 1 is 1.33 bits per heavy atom.